The molecule has 4 heteroatoms. The van der Waals surface area contributed by atoms with Crippen LogP contribution in [0.25, 0.3) is 11.0 Å². The molecule has 1 heterocycles. The number of hydrogen-bond donors (Lipinski definition) is 0. The highest BCUT2D eigenvalue weighted by Crippen LogP contribution is 2.26. The minimum atomic E-state index is -0.195. The Labute approximate surface area is 112 Å². The lowest BCUT2D eigenvalue weighted by Gasteiger charge is -2.22. The summed E-state index contributed by atoms with van der Waals surface area (Å²) in [6.07, 6.45) is -0.0684. The Bertz CT molecular complexity index is 582. The Morgan fingerprint density at radius 1 is 1.32 bits per heavy atom. The van der Waals surface area contributed by atoms with Gasteiger partial charge in [0.25, 0.3) is 0 Å². The van der Waals surface area contributed by atoms with Crippen LogP contribution in [0.3, 0.4) is 0 Å². The fourth-order valence-corrected chi connectivity index (χ4v) is 1.95. The van der Waals surface area contributed by atoms with Gasteiger partial charge in [0.2, 0.25) is 5.91 Å². The topological polar surface area (TPSA) is 50.5 Å². The first kappa shape index (κ1) is 13.3. The van der Waals surface area contributed by atoms with E-state index in [0.29, 0.717) is 0 Å². The van der Waals surface area contributed by atoms with Crippen molar-refractivity contribution in [2.75, 3.05) is 7.05 Å². The summed E-state index contributed by atoms with van der Waals surface area (Å²) in [5.41, 5.74) is 0.803. The fraction of sp³-hybridized carbons (Fsp3) is 0.333. The van der Waals surface area contributed by atoms with Crippen LogP contribution in [0.5, 0.6) is 0 Å². The molecule has 19 heavy (non-hydrogen) atoms. The second kappa shape index (κ2) is 5.26. The van der Waals surface area contributed by atoms with Crippen molar-refractivity contribution in [3.05, 3.63) is 36.1 Å². The van der Waals surface area contributed by atoms with Crippen LogP contribution in [-0.4, -0.2) is 23.6 Å². The molecule has 1 aromatic carbocycles. The van der Waals surface area contributed by atoms with Gasteiger partial charge in [-0.15, -0.1) is 0 Å². The lowest BCUT2D eigenvalue weighted by Crippen LogP contribution is -2.30. The van der Waals surface area contributed by atoms with Crippen molar-refractivity contribution < 1.29 is 14.0 Å². The highest BCUT2D eigenvalue weighted by atomic mass is 16.3. The minimum Gasteiger partial charge on any atom is -0.459 e. The predicted molar refractivity (Wildman–Crippen MR) is 72.7 cm³/mol. The maximum Gasteiger partial charge on any atom is 0.230 e. The van der Waals surface area contributed by atoms with E-state index in [4.69, 9.17) is 4.42 Å². The monoisotopic (exact) mass is 259 g/mol. The summed E-state index contributed by atoms with van der Waals surface area (Å²) in [7, 11) is 1.68. The highest BCUT2D eigenvalue weighted by molar-refractivity contribution is 5.96. The van der Waals surface area contributed by atoms with Crippen LogP contribution in [0.1, 0.15) is 32.1 Å². The second-order valence-corrected chi connectivity index (χ2v) is 4.75. The number of Topliss-reactive ketones (excluding diaryl/α,β-unsaturated/α-hetero) is 1. The third-order valence-corrected chi connectivity index (χ3v) is 3.23. The molecule has 0 radical (unpaired) electrons. The molecule has 2 aromatic rings. The van der Waals surface area contributed by atoms with E-state index in [1.165, 1.54) is 6.92 Å². The minimum absolute atomic E-state index is 0.0684. The van der Waals surface area contributed by atoms with Crippen molar-refractivity contribution in [3.63, 3.8) is 0 Å². The van der Waals surface area contributed by atoms with Crippen LogP contribution in [0.2, 0.25) is 0 Å². The molecule has 0 saturated heterocycles. The lowest BCUT2D eigenvalue weighted by molar-refractivity contribution is -0.135. The number of hydrogen-bond acceptors (Lipinski definition) is 3. The summed E-state index contributed by atoms with van der Waals surface area (Å²) in [4.78, 5) is 24.4. The normalized spacial score (nSPS) is 12.4. The van der Waals surface area contributed by atoms with Crippen molar-refractivity contribution >= 4 is 22.7 Å². The van der Waals surface area contributed by atoms with Gasteiger partial charge in [-0.3, -0.25) is 9.59 Å². The van der Waals surface area contributed by atoms with Crippen LogP contribution >= 0.6 is 0 Å². The van der Waals surface area contributed by atoms with Gasteiger partial charge in [0.1, 0.15) is 17.1 Å². The average molecular weight is 259 g/mol. The fourth-order valence-electron chi connectivity index (χ4n) is 1.95. The Morgan fingerprint density at radius 3 is 2.63 bits per heavy atom. The molecule has 100 valence electrons. The number of amides is 1. The Kier molecular flexibility index (Phi) is 3.69. The zero-order valence-electron chi connectivity index (χ0n) is 11.3. The number of carbonyl (C=O) groups is 2. The van der Waals surface area contributed by atoms with E-state index >= 15 is 0 Å². The first-order chi connectivity index (χ1) is 8.99. The molecule has 0 aliphatic rings. The van der Waals surface area contributed by atoms with Gasteiger partial charge in [0.15, 0.2) is 0 Å². The molecule has 1 atom stereocenters. The van der Waals surface area contributed by atoms with E-state index < -0.39 is 0 Å². The molecule has 0 spiro atoms. The van der Waals surface area contributed by atoms with Crippen molar-refractivity contribution in [1.29, 1.82) is 0 Å². The van der Waals surface area contributed by atoms with Crippen molar-refractivity contribution in [1.82, 2.24) is 4.90 Å². The van der Waals surface area contributed by atoms with Gasteiger partial charge >= 0.3 is 0 Å². The highest BCUT2D eigenvalue weighted by Gasteiger charge is 2.21. The smallest absolute Gasteiger partial charge is 0.230 e. The van der Waals surface area contributed by atoms with Crippen molar-refractivity contribution in [3.8, 4) is 0 Å². The van der Waals surface area contributed by atoms with E-state index in [0.717, 1.165) is 16.7 Å². The van der Waals surface area contributed by atoms with Gasteiger partial charge < -0.3 is 9.32 Å². The van der Waals surface area contributed by atoms with Crippen LogP contribution in [0, 0.1) is 0 Å². The number of fused-ring (bicyclic) bond motifs is 1. The summed E-state index contributed by atoms with van der Waals surface area (Å²) in [5, 5.41) is 1.01. The zero-order chi connectivity index (χ0) is 14.0. The molecule has 4 nitrogen and oxygen atoms in total. The standard InChI is InChI=1S/C15H17NO3/c1-10(17)8-15(18)16(3)11(2)14-9-12-6-4-5-7-13(12)19-14/h4-7,9,11H,8H2,1-3H3. The molecule has 0 aliphatic carbocycles. The first-order valence-electron chi connectivity index (χ1n) is 6.22. The number of nitrogens with zero attached hydrogens (tertiary/aromatic N) is 1. The van der Waals surface area contributed by atoms with Gasteiger partial charge in [0.05, 0.1) is 12.5 Å². The summed E-state index contributed by atoms with van der Waals surface area (Å²) in [5.74, 6) is 0.398. The quantitative estimate of drug-likeness (QED) is 0.793. The number of carbonyl (C=O) groups excluding carboxylic acids is 2. The largest absolute Gasteiger partial charge is 0.459 e. The maximum atomic E-state index is 11.8. The summed E-state index contributed by atoms with van der Waals surface area (Å²) < 4.78 is 5.73. The number of furan rings is 1. The molecule has 0 N–H and O–H groups in total. The molecule has 0 fully saturated rings. The molecule has 0 aliphatic heterocycles. The predicted octanol–water partition coefficient (Wildman–Crippen LogP) is 2.93. The number of ketones is 1. The molecular formula is C15H17NO3. The third-order valence-electron chi connectivity index (χ3n) is 3.23. The van der Waals surface area contributed by atoms with E-state index in [9.17, 15) is 9.59 Å². The van der Waals surface area contributed by atoms with E-state index in [-0.39, 0.29) is 24.2 Å². The second-order valence-electron chi connectivity index (χ2n) is 4.75. The van der Waals surface area contributed by atoms with Crippen LogP contribution in [0.15, 0.2) is 34.7 Å². The van der Waals surface area contributed by atoms with Crippen LogP contribution in [0.4, 0.5) is 0 Å². The van der Waals surface area contributed by atoms with Gasteiger partial charge in [-0.05, 0) is 26.0 Å². The molecule has 0 saturated carbocycles. The number of para-hydroxylation sites is 1. The van der Waals surface area contributed by atoms with E-state index in [1.807, 2.05) is 37.3 Å². The lowest BCUT2D eigenvalue weighted by atomic mass is 10.2. The zero-order valence-corrected chi connectivity index (χ0v) is 11.3. The average Bonchev–Trinajstić information content (AvgIpc) is 2.79. The number of rotatable bonds is 4. The summed E-state index contributed by atoms with van der Waals surface area (Å²) in [6, 6.07) is 9.44. The molecular weight excluding hydrogens is 242 g/mol. The van der Waals surface area contributed by atoms with Gasteiger partial charge in [-0.1, -0.05) is 18.2 Å². The first-order valence-corrected chi connectivity index (χ1v) is 6.22. The summed E-state index contributed by atoms with van der Waals surface area (Å²) >= 11 is 0. The Balaban J connectivity index is 2.20. The molecule has 2 rings (SSSR count). The Morgan fingerprint density at radius 2 is 2.00 bits per heavy atom. The Hall–Kier alpha value is -2.10. The summed E-state index contributed by atoms with van der Waals surface area (Å²) in [6.45, 7) is 3.30. The van der Waals surface area contributed by atoms with Crippen LogP contribution in [-0.2, 0) is 9.59 Å². The van der Waals surface area contributed by atoms with E-state index in [1.54, 1.807) is 11.9 Å². The SMILES string of the molecule is CC(=O)CC(=O)N(C)C(C)c1cc2ccccc2o1. The van der Waals surface area contributed by atoms with Crippen molar-refractivity contribution in [2.45, 2.75) is 26.3 Å². The molecule has 0 bridgehead atoms. The number of benzene rings is 1. The molecule has 1 amide bonds. The van der Waals surface area contributed by atoms with Gasteiger partial charge in [-0.25, -0.2) is 0 Å². The van der Waals surface area contributed by atoms with Crippen LogP contribution < -0.4 is 0 Å². The van der Waals surface area contributed by atoms with Crippen molar-refractivity contribution in [2.24, 2.45) is 0 Å². The molecule has 1 aromatic heterocycles. The van der Waals surface area contributed by atoms with Gasteiger partial charge in [-0.2, -0.15) is 0 Å². The van der Waals surface area contributed by atoms with E-state index in [2.05, 4.69) is 0 Å². The maximum absolute atomic E-state index is 11.8. The molecule has 1 unspecified atom stereocenters. The van der Waals surface area contributed by atoms with Gasteiger partial charge in [0, 0.05) is 12.4 Å². The third kappa shape index (κ3) is 2.84.